The van der Waals surface area contributed by atoms with Crippen LogP contribution in [0.4, 0.5) is 8.78 Å². The Kier molecular flexibility index (Phi) is 3.65. The van der Waals surface area contributed by atoms with Crippen molar-refractivity contribution in [2.75, 3.05) is 0 Å². The van der Waals surface area contributed by atoms with Gasteiger partial charge in [0.2, 0.25) is 5.88 Å². The lowest BCUT2D eigenvalue weighted by Crippen LogP contribution is -2.16. The van der Waals surface area contributed by atoms with Crippen LogP contribution in [0.25, 0.3) is 0 Å². The molecule has 1 heterocycles. The monoisotopic (exact) mass is 278 g/mol. The van der Waals surface area contributed by atoms with E-state index in [4.69, 9.17) is 10.5 Å². The standard InChI is InChI=1S/C14H12F2N2O2/c1-14(15,16)10-7-8-11(12(17)19)18-13(10)20-9-5-3-2-4-6-9/h2-8H,1H3,(H2,17,19). The Morgan fingerprint density at radius 3 is 2.40 bits per heavy atom. The van der Waals surface area contributed by atoms with Crippen molar-refractivity contribution in [2.24, 2.45) is 5.73 Å². The molecule has 0 saturated carbocycles. The zero-order valence-electron chi connectivity index (χ0n) is 10.6. The molecule has 0 aliphatic heterocycles. The van der Waals surface area contributed by atoms with Crippen molar-refractivity contribution in [2.45, 2.75) is 12.8 Å². The molecule has 2 aromatic rings. The lowest BCUT2D eigenvalue weighted by Gasteiger charge is -2.15. The lowest BCUT2D eigenvalue weighted by atomic mass is 10.1. The van der Waals surface area contributed by atoms with Crippen molar-refractivity contribution >= 4 is 5.91 Å². The minimum Gasteiger partial charge on any atom is -0.438 e. The maximum Gasteiger partial charge on any atom is 0.275 e. The second-order valence-corrected chi connectivity index (χ2v) is 4.22. The molecule has 6 heteroatoms. The quantitative estimate of drug-likeness (QED) is 0.934. The predicted octanol–water partition coefficient (Wildman–Crippen LogP) is 3.08. The van der Waals surface area contributed by atoms with Gasteiger partial charge in [-0.2, -0.15) is 0 Å². The molecule has 0 unspecified atom stereocenters. The number of benzene rings is 1. The van der Waals surface area contributed by atoms with Gasteiger partial charge in [0.1, 0.15) is 11.4 Å². The Hall–Kier alpha value is -2.50. The summed E-state index contributed by atoms with van der Waals surface area (Å²) in [5.41, 5.74) is 4.54. The van der Waals surface area contributed by atoms with E-state index >= 15 is 0 Å². The van der Waals surface area contributed by atoms with Crippen LogP contribution in [-0.4, -0.2) is 10.9 Å². The fraction of sp³-hybridized carbons (Fsp3) is 0.143. The first-order valence-corrected chi connectivity index (χ1v) is 5.80. The van der Waals surface area contributed by atoms with E-state index in [0.29, 0.717) is 5.75 Å². The third-order valence-electron chi connectivity index (χ3n) is 2.54. The van der Waals surface area contributed by atoms with Crippen LogP contribution in [0, 0.1) is 0 Å². The highest BCUT2D eigenvalue weighted by molar-refractivity contribution is 5.90. The van der Waals surface area contributed by atoms with E-state index in [1.54, 1.807) is 30.3 Å². The van der Waals surface area contributed by atoms with Gasteiger partial charge in [-0.1, -0.05) is 18.2 Å². The van der Waals surface area contributed by atoms with Gasteiger partial charge in [-0.3, -0.25) is 4.79 Å². The SMILES string of the molecule is CC(F)(F)c1ccc(C(N)=O)nc1Oc1ccccc1. The van der Waals surface area contributed by atoms with E-state index in [-0.39, 0.29) is 11.6 Å². The Morgan fingerprint density at radius 1 is 1.20 bits per heavy atom. The number of ether oxygens (including phenoxy) is 1. The van der Waals surface area contributed by atoms with Crippen LogP contribution in [-0.2, 0) is 5.92 Å². The smallest absolute Gasteiger partial charge is 0.275 e. The molecule has 1 aromatic heterocycles. The predicted molar refractivity (Wildman–Crippen MR) is 68.8 cm³/mol. The van der Waals surface area contributed by atoms with Crippen LogP contribution < -0.4 is 10.5 Å². The molecule has 2 N–H and O–H groups in total. The van der Waals surface area contributed by atoms with Gasteiger partial charge in [-0.15, -0.1) is 0 Å². The number of amides is 1. The molecule has 2 rings (SSSR count). The number of primary amides is 1. The number of nitrogens with zero attached hydrogens (tertiary/aromatic N) is 1. The third-order valence-corrected chi connectivity index (χ3v) is 2.54. The van der Waals surface area contributed by atoms with E-state index < -0.39 is 17.4 Å². The number of nitrogens with two attached hydrogens (primary N) is 1. The number of para-hydroxylation sites is 1. The summed E-state index contributed by atoms with van der Waals surface area (Å²) < 4.78 is 32.4. The van der Waals surface area contributed by atoms with Crippen LogP contribution in [0.2, 0.25) is 0 Å². The van der Waals surface area contributed by atoms with E-state index in [0.717, 1.165) is 19.1 Å². The molecular weight excluding hydrogens is 266 g/mol. The topological polar surface area (TPSA) is 65.2 Å². The Bertz CT molecular complexity index is 625. The van der Waals surface area contributed by atoms with Crippen molar-refractivity contribution < 1.29 is 18.3 Å². The molecule has 0 aliphatic rings. The van der Waals surface area contributed by atoms with Crippen molar-refractivity contribution in [3.63, 3.8) is 0 Å². The summed E-state index contributed by atoms with van der Waals surface area (Å²) in [5, 5.41) is 0. The molecule has 1 aromatic carbocycles. The van der Waals surface area contributed by atoms with Gasteiger partial charge in [-0.25, -0.2) is 13.8 Å². The number of hydrogen-bond acceptors (Lipinski definition) is 3. The molecule has 0 saturated heterocycles. The van der Waals surface area contributed by atoms with Gasteiger partial charge in [0.05, 0.1) is 5.56 Å². The number of rotatable bonds is 4. The molecule has 4 nitrogen and oxygen atoms in total. The van der Waals surface area contributed by atoms with Gasteiger partial charge in [0.25, 0.3) is 11.8 Å². The maximum absolute atomic E-state index is 13.5. The largest absolute Gasteiger partial charge is 0.438 e. The van der Waals surface area contributed by atoms with Gasteiger partial charge in [0.15, 0.2) is 0 Å². The second-order valence-electron chi connectivity index (χ2n) is 4.22. The van der Waals surface area contributed by atoms with E-state index in [2.05, 4.69) is 4.98 Å². The van der Waals surface area contributed by atoms with Crippen LogP contribution >= 0.6 is 0 Å². The fourth-order valence-electron chi connectivity index (χ4n) is 1.59. The first kappa shape index (κ1) is 13.9. The minimum absolute atomic E-state index is 0.135. The van der Waals surface area contributed by atoms with Crippen LogP contribution in [0.1, 0.15) is 23.0 Å². The molecule has 0 fully saturated rings. The molecular formula is C14H12F2N2O2. The van der Waals surface area contributed by atoms with E-state index in [9.17, 15) is 13.6 Å². The molecule has 20 heavy (non-hydrogen) atoms. The lowest BCUT2D eigenvalue weighted by molar-refractivity contribution is 0.0149. The molecule has 0 bridgehead atoms. The third kappa shape index (κ3) is 3.09. The van der Waals surface area contributed by atoms with Gasteiger partial charge in [-0.05, 0) is 24.3 Å². The average Bonchev–Trinajstić information content (AvgIpc) is 2.38. The van der Waals surface area contributed by atoms with Crippen molar-refractivity contribution in [1.82, 2.24) is 4.98 Å². The first-order chi connectivity index (χ1) is 9.38. The number of carbonyl (C=O) groups is 1. The van der Waals surface area contributed by atoms with E-state index in [1.807, 2.05) is 0 Å². The zero-order chi connectivity index (χ0) is 14.8. The van der Waals surface area contributed by atoms with Gasteiger partial charge >= 0.3 is 0 Å². The van der Waals surface area contributed by atoms with Crippen molar-refractivity contribution in [1.29, 1.82) is 0 Å². The van der Waals surface area contributed by atoms with Crippen molar-refractivity contribution in [3.05, 3.63) is 53.7 Å². The summed E-state index contributed by atoms with van der Waals surface area (Å²) in [6.45, 7) is 0.728. The summed E-state index contributed by atoms with van der Waals surface area (Å²) in [6, 6.07) is 10.6. The molecule has 0 atom stereocenters. The van der Waals surface area contributed by atoms with E-state index in [1.165, 1.54) is 0 Å². The summed E-state index contributed by atoms with van der Waals surface area (Å²) in [4.78, 5) is 14.8. The van der Waals surface area contributed by atoms with Crippen LogP contribution in [0.5, 0.6) is 11.6 Å². The number of halogens is 2. The molecule has 104 valence electrons. The average molecular weight is 278 g/mol. The second kappa shape index (κ2) is 5.24. The Balaban J connectivity index is 2.47. The fourth-order valence-corrected chi connectivity index (χ4v) is 1.59. The van der Waals surface area contributed by atoms with Crippen molar-refractivity contribution in [3.8, 4) is 11.6 Å². The molecule has 1 amide bonds. The van der Waals surface area contributed by atoms with Crippen LogP contribution in [0.3, 0.4) is 0 Å². The number of aromatic nitrogens is 1. The zero-order valence-corrected chi connectivity index (χ0v) is 10.6. The van der Waals surface area contributed by atoms with Gasteiger partial charge < -0.3 is 10.5 Å². The number of alkyl halides is 2. The minimum atomic E-state index is -3.15. The number of hydrogen-bond donors (Lipinski definition) is 1. The Morgan fingerprint density at radius 2 is 1.85 bits per heavy atom. The first-order valence-electron chi connectivity index (χ1n) is 5.80. The number of pyridine rings is 1. The maximum atomic E-state index is 13.5. The summed E-state index contributed by atoms with van der Waals surface area (Å²) in [5.74, 6) is -3.95. The highest BCUT2D eigenvalue weighted by Gasteiger charge is 2.30. The van der Waals surface area contributed by atoms with Gasteiger partial charge in [0, 0.05) is 6.92 Å². The highest BCUT2D eigenvalue weighted by atomic mass is 19.3. The summed E-state index contributed by atoms with van der Waals surface area (Å²) in [7, 11) is 0. The molecule has 0 spiro atoms. The highest BCUT2D eigenvalue weighted by Crippen LogP contribution is 2.35. The molecule has 0 radical (unpaired) electrons. The number of carbonyl (C=O) groups excluding carboxylic acids is 1. The summed E-state index contributed by atoms with van der Waals surface area (Å²) in [6.07, 6.45) is 0. The molecule has 0 aliphatic carbocycles. The summed E-state index contributed by atoms with van der Waals surface area (Å²) >= 11 is 0. The van der Waals surface area contributed by atoms with Crippen LogP contribution in [0.15, 0.2) is 42.5 Å². The normalized spacial score (nSPS) is 11.2. The Labute approximate surface area is 114 Å².